The number of rotatable bonds is 1. The van der Waals surface area contributed by atoms with E-state index >= 15 is 0 Å². The van der Waals surface area contributed by atoms with E-state index in [1.54, 1.807) is 12.4 Å². The molecule has 14 heavy (non-hydrogen) atoms. The van der Waals surface area contributed by atoms with E-state index in [4.69, 9.17) is 5.73 Å². The van der Waals surface area contributed by atoms with Crippen molar-refractivity contribution in [3.8, 4) is 0 Å². The molecule has 0 aliphatic rings. The van der Waals surface area contributed by atoms with Gasteiger partial charge in [0.25, 0.3) is 0 Å². The lowest BCUT2D eigenvalue weighted by molar-refractivity contribution is 0.722. The molecule has 0 unspecified atom stereocenters. The topological polar surface area (TPSA) is 56.7 Å². The predicted molar refractivity (Wildman–Crippen MR) is 57.0 cm³/mol. The van der Waals surface area contributed by atoms with Gasteiger partial charge in [-0.2, -0.15) is 0 Å². The molecule has 2 N–H and O–H groups in total. The summed E-state index contributed by atoms with van der Waals surface area (Å²) in [6, 6.07) is 0. The Hall–Kier alpha value is -1.58. The van der Waals surface area contributed by atoms with E-state index in [2.05, 4.69) is 23.8 Å². The molecule has 0 aliphatic carbocycles. The summed E-state index contributed by atoms with van der Waals surface area (Å²) >= 11 is 0. The van der Waals surface area contributed by atoms with Crippen LogP contribution in [0.2, 0.25) is 0 Å². The van der Waals surface area contributed by atoms with Crippen molar-refractivity contribution >= 4 is 16.7 Å². The van der Waals surface area contributed by atoms with Crippen LogP contribution in [0.5, 0.6) is 0 Å². The number of aromatic nitrogens is 3. The van der Waals surface area contributed by atoms with Gasteiger partial charge in [-0.15, -0.1) is 0 Å². The van der Waals surface area contributed by atoms with Gasteiger partial charge >= 0.3 is 0 Å². The minimum absolute atomic E-state index is 0.395. The number of hydrogen-bond donors (Lipinski definition) is 1. The summed E-state index contributed by atoms with van der Waals surface area (Å²) in [5.41, 5.74) is 8.29. The van der Waals surface area contributed by atoms with Crippen molar-refractivity contribution in [1.82, 2.24) is 14.5 Å². The smallest absolute Gasteiger partial charge is 0.115 e. The minimum atomic E-state index is 0.395. The number of imidazole rings is 1. The number of pyridine rings is 1. The highest BCUT2D eigenvalue weighted by Gasteiger charge is 2.12. The summed E-state index contributed by atoms with van der Waals surface area (Å²) in [5, 5.41) is 0. The summed E-state index contributed by atoms with van der Waals surface area (Å²) in [6.07, 6.45) is 3.43. The summed E-state index contributed by atoms with van der Waals surface area (Å²) in [7, 11) is 1.99. The number of nitrogens with two attached hydrogens (primary N) is 1. The van der Waals surface area contributed by atoms with E-state index < -0.39 is 0 Å². The molecule has 0 amide bonds. The van der Waals surface area contributed by atoms with Crippen molar-refractivity contribution in [2.24, 2.45) is 7.05 Å². The first-order chi connectivity index (χ1) is 6.61. The van der Waals surface area contributed by atoms with E-state index in [0.717, 1.165) is 16.9 Å². The minimum Gasteiger partial charge on any atom is -0.396 e. The standard InChI is InChI=1S/C10H14N4/c1-6(2)10-13-9-7(11)4-12-5-8(9)14(10)3/h4-6H,11H2,1-3H3. The number of hydrogen-bond acceptors (Lipinski definition) is 3. The van der Waals surface area contributed by atoms with Gasteiger partial charge in [0.1, 0.15) is 11.3 Å². The molecule has 4 nitrogen and oxygen atoms in total. The van der Waals surface area contributed by atoms with Crippen molar-refractivity contribution in [2.45, 2.75) is 19.8 Å². The van der Waals surface area contributed by atoms with E-state index in [-0.39, 0.29) is 0 Å². The van der Waals surface area contributed by atoms with Gasteiger partial charge < -0.3 is 10.3 Å². The van der Waals surface area contributed by atoms with Crippen LogP contribution in [0.15, 0.2) is 12.4 Å². The van der Waals surface area contributed by atoms with Crippen molar-refractivity contribution in [3.63, 3.8) is 0 Å². The normalized spacial score (nSPS) is 11.4. The van der Waals surface area contributed by atoms with Crippen LogP contribution in [0.25, 0.3) is 11.0 Å². The summed E-state index contributed by atoms with van der Waals surface area (Å²) in [6.45, 7) is 4.23. The molecule has 0 aliphatic heterocycles. The average Bonchev–Trinajstić information content (AvgIpc) is 2.46. The highest BCUT2D eigenvalue weighted by molar-refractivity contribution is 5.86. The maximum Gasteiger partial charge on any atom is 0.115 e. The van der Waals surface area contributed by atoms with Crippen LogP contribution >= 0.6 is 0 Å². The molecular weight excluding hydrogens is 176 g/mol. The van der Waals surface area contributed by atoms with Crippen LogP contribution in [-0.4, -0.2) is 14.5 Å². The Bertz CT molecular complexity index is 470. The van der Waals surface area contributed by atoms with Crippen molar-refractivity contribution in [3.05, 3.63) is 18.2 Å². The van der Waals surface area contributed by atoms with Gasteiger partial charge in [-0.3, -0.25) is 4.98 Å². The average molecular weight is 190 g/mol. The second kappa shape index (κ2) is 2.97. The van der Waals surface area contributed by atoms with Crippen LogP contribution in [0.3, 0.4) is 0 Å². The number of fused-ring (bicyclic) bond motifs is 1. The van der Waals surface area contributed by atoms with E-state index in [1.165, 1.54) is 0 Å². The van der Waals surface area contributed by atoms with E-state index in [1.807, 2.05) is 11.6 Å². The molecular formula is C10H14N4. The number of anilines is 1. The Balaban J connectivity index is 2.80. The first-order valence-electron chi connectivity index (χ1n) is 4.67. The Morgan fingerprint density at radius 1 is 1.36 bits per heavy atom. The molecule has 0 saturated carbocycles. The lowest BCUT2D eigenvalue weighted by atomic mass is 10.2. The molecule has 2 aromatic heterocycles. The fourth-order valence-electron chi connectivity index (χ4n) is 1.65. The lowest BCUT2D eigenvalue weighted by Crippen LogP contribution is -1.99. The molecule has 0 radical (unpaired) electrons. The molecule has 0 bridgehead atoms. The van der Waals surface area contributed by atoms with Crippen LogP contribution in [0, 0.1) is 0 Å². The van der Waals surface area contributed by atoms with Gasteiger partial charge in [0.15, 0.2) is 0 Å². The number of aryl methyl sites for hydroxylation is 1. The molecule has 0 atom stereocenters. The van der Waals surface area contributed by atoms with Gasteiger partial charge in [-0.25, -0.2) is 4.98 Å². The molecule has 0 spiro atoms. The molecule has 2 aromatic rings. The van der Waals surface area contributed by atoms with Gasteiger partial charge in [0, 0.05) is 13.0 Å². The molecule has 2 heterocycles. The maximum absolute atomic E-state index is 5.80. The van der Waals surface area contributed by atoms with Crippen LogP contribution in [0.1, 0.15) is 25.6 Å². The third kappa shape index (κ3) is 1.14. The molecule has 2 rings (SSSR count). The van der Waals surface area contributed by atoms with Gasteiger partial charge in [0.2, 0.25) is 0 Å². The maximum atomic E-state index is 5.80. The predicted octanol–water partition coefficient (Wildman–Crippen LogP) is 1.67. The fraction of sp³-hybridized carbons (Fsp3) is 0.400. The largest absolute Gasteiger partial charge is 0.396 e. The molecule has 0 aromatic carbocycles. The summed E-state index contributed by atoms with van der Waals surface area (Å²) in [5.74, 6) is 1.44. The molecule has 0 fully saturated rings. The second-order valence-corrected chi connectivity index (χ2v) is 3.78. The quantitative estimate of drug-likeness (QED) is 0.744. The van der Waals surface area contributed by atoms with Crippen molar-refractivity contribution in [2.75, 3.05) is 5.73 Å². The second-order valence-electron chi connectivity index (χ2n) is 3.78. The fourth-order valence-corrected chi connectivity index (χ4v) is 1.65. The Morgan fingerprint density at radius 3 is 2.64 bits per heavy atom. The Labute approximate surface area is 82.8 Å². The van der Waals surface area contributed by atoms with Crippen LogP contribution < -0.4 is 5.73 Å². The molecule has 0 saturated heterocycles. The third-order valence-corrected chi connectivity index (χ3v) is 2.37. The highest BCUT2D eigenvalue weighted by atomic mass is 15.1. The zero-order valence-electron chi connectivity index (χ0n) is 8.65. The first kappa shape index (κ1) is 8.99. The number of nitrogens with zero attached hydrogens (tertiary/aromatic N) is 3. The molecule has 4 heteroatoms. The SMILES string of the molecule is CC(C)c1nc2c(N)cncc2n1C. The van der Waals surface area contributed by atoms with Crippen LogP contribution in [-0.2, 0) is 7.05 Å². The van der Waals surface area contributed by atoms with Gasteiger partial charge in [-0.05, 0) is 0 Å². The first-order valence-corrected chi connectivity index (χ1v) is 4.67. The number of nitrogen functional groups attached to an aromatic ring is 1. The van der Waals surface area contributed by atoms with Crippen LogP contribution in [0.4, 0.5) is 5.69 Å². The summed E-state index contributed by atoms with van der Waals surface area (Å²) in [4.78, 5) is 8.57. The summed E-state index contributed by atoms with van der Waals surface area (Å²) < 4.78 is 2.04. The van der Waals surface area contributed by atoms with Gasteiger partial charge in [0.05, 0.1) is 23.6 Å². The van der Waals surface area contributed by atoms with Crippen molar-refractivity contribution < 1.29 is 0 Å². The monoisotopic (exact) mass is 190 g/mol. The van der Waals surface area contributed by atoms with E-state index in [0.29, 0.717) is 11.6 Å². The molecule has 74 valence electrons. The van der Waals surface area contributed by atoms with E-state index in [9.17, 15) is 0 Å². The van der Waals surface area contributed by atoms with Crippen molar-refractivity contribution in [1.29, 1.82) is 0 Å². The third-order valence-electron chi connectivity index (χ3n) is 2.37. The Kier molecular flexibility index (Phi) is 1.91. The highest BCUT2D eigenvalue weighted by Crippen LogP contribution is 2.23. The Morgan fingerprint density at radius 2 is 2.07 bits per heavy atom. The van der Waals surface area contributed by atoms with Gasteiger partial charge in [-0.1, -0.05) is 13.8 Å². The zero-order chi connectivity index (χ0) is 10.3. The zero-order valence-corrected chi connectivity index (χ0v) is 8.65. The lowest BCUT2D eigenvalue weighted by Gasteiger charge is -2.03.